The van der Waals surface area contributed by atoms with Crippen LogP contribution in [0, 0.1) is 0 Å². The van der Waals surface area contributed by atoms with Crippen molar-refractivity contribution < 1.29 is 9.47 Å². The molecule has 2 rings (SSSR count). The molecule has 0 aliphatic carbocycles. The van der Waals surface area contributed by atoms with Crippen molar-refractivity contribution in [3.8, 4) is 17.4 Å². The van der Waals surface area contributed by atoms with Crippen molar-refractivity contribution in [2.45, 2.75) is 39.7 Å². The van der Waals surface area contributed by atoms with Gasteiger partial charge in [0, 0.05) is 10.7 Å². The number of pyridine rings is 1. The maximum Gasteiger partial charge on any atom is 0.262 e. The van der Waals surface area contributed by atoms with Gasteiger partial charge in [0.2, 0.25) is 0 Å². The van der Waals surface area contributed by atoms with E-state index >= 15 is 0 Å². The zero-order valence-electron chi connectivity index (χ0n) is 12.8. The summed E-state index contributed by atoms with van der Waals surface area (Å²) in [6.07, 6.45) is 1.78. The number of ether oxygens (including phenoxy) is 2. The Kier molecular flexibility index (Phi) is 5.23. The van der Waals surface area contributed by atoms with Gasteiger partial charge in [-0.3, -0.25) is 0 Å². The van der Waals surface area contributed by atoms with Gasteiger partial charge in [-0.2, -0.15) is 0 Å². The van der Waals surface area contributed by atoms with Crippen molar-refractivity contribution >= 4 is 15.9 Å². The Labute approximate surface area is 134 Å². The molecule has 0 spiro atoms. The molecule has 1 heterocycles. The molecule has 0 amide bonds. The maximum atomic E-state index is 6.00. The van der Waals surface area contributed by atoms with Crippen molar-refractivity contribution in [3.05, 3.63) is 46.6 Å². The number of hydrogen-bond acceptors (Lipinski definition) is 3. The standard InChI is InChI=1S/C17H20BrNO2/c1-11(2)14-10-13(18)7-8-15(14)21-17-16(20-12(3)4)6-5-9-19-17/h5-12H,1-4H3. The van der Waals surface area contributed by atoms with Crippen LogP contribution in [0.15, 0.2) is 41.0 Å². The predicted molar refractivity (Wildman–Crippen MR) is 88.3 cm³/mol. The van der Waals surface area contributed by atoms with Crippen molar-refractivity contribution in [1.82, 2.24) is 4.98 Å². The van der Waals surface area contributed by atoms with Crippen molar-refractivity contribution in [3.63, 3.8) is 0 Å². The first-order valence-electron chi connectivity index (χ1n) is 7.06. The monoisotopic (exact) mass is 349 g/mol. The molecule has 0 unspecified atom stereocenters. The van der Waals surface area contributed by atoms with E-state index in [2.05, 4.69) is 40.8 Å². The first-order chi connectivity index (χ1) is 9.97. The SMILES string of the molecule is CC(C)Oc1cccnc1Oc1ccc(Br)cc1C(C)C. The highest BCUT2D eigenvalue weighted by atomic mass is 79.9. The normalized spacial score (nSPS) is 11.0. The molecule has 1 aromatic heterocycles. The third kappa shape index (κ3) is 4.21. The predicted octanol–water partition coefficient (Wildman–Crippen LogP) is 5.55. The summed E-state index contributed by atoms with van der Waals surface area (Å²) >= 11 is 3.50. The minimum atomic E-state index is 0.0750. The minimum absolute atomic E-state index is 0.0750. The molecule has 2 aromatic rings. The Bertz CT molecular complexity index is 611. The van der Waals surface area contributed by atoms with Crippen LogP contribution < -0.4 is 9.47 Å². The molecule has 0 saturated carbocycles. The first-order valence-corrected chi connectivity index (χ1v) is 7.85. The Balaban J connectivity index is 2.34. The van der Waals surface area contributed by atoms with E-state index in [0.29, 0.717) is 17.5 Å². The number of nitrogens with zero attached hydrogens (tertiary/aromatic N) is 1. The fourth-order valence-electron chi connectivity index (χ4n) is 1.96. The van der Waals surface area contributed by atoms with E-state index in [1.807, 2.05) is 38.1 Å². The second kappa shape index (κ2) is 6.94. The van der Waals surface area contributed by atoms with Crippen LogP contribution in [0.3, 0.4) is 0 Å². The van der Waals surface area contributed by atoms with Crippen LogP contribution in [0.2, 0.25) is 0 Å². The zero-order chi connectivity index (χ0) is 15.4. The smallest absolute Gasteiger partial charge is 0.262 e. The highest BCUT2D eigenvalue weighted by molar-refractivity contribution is 9.10. The number of aromatic nitrogens is 1. The molecule has 3 nitrogen and oxygen atoms in total. The summed E-state index contributed by atoms with van der Waals surface area (Å²) in [6, 6.07) is 9.71. The van der Waals surface area contributed by atoms with E-state index in [9.17, 15) is 0 Å². The Morgan fingerprint density at radius 3 is 2.48 bits per heavy atom. The van der Waals surface area contributed by atoms with Crippen LogP contribution in [0.25, 0.3) is 0 Å². The second-order valence-electron chi connectivity index (χ2n) is 5.41. The molecular weight excluding hydrogens is 330 g/mol. The van der Waals surface area contributed by atoms with E-state index in [0.717, 1.165) is 15.8 Å². The molecule has 1 aromatic carbocycles. The van der Waals surface area contributed by atoms with Crippen LogP contribution in [0.1, 0.15) is 39.2 Å². The van der Waals surface area contributed by atoms with Gasteiger partial charge in [0.15, 0.2) is 5.75 Å². The maximum absolute atomic E-state index is 6.00. The van der Waals surface area contributed by atoms with Gasteiger partial charge < -0.3 is 9.47 Å². The highest BCUT2D eigenvalue weighted by Crippen LogP contribution is 2.35. The summed E-state index contributed by atoms with van der Waals surface area (Å²) in [7, 11) is 0. The van der Waals surface area contributed by atoms with Gasteiger partial charge in [0.25, 0.3) is 5.88 Å². The quantitative estimate of drug-likeness (QED) is 0.709. The van der Waals surface area contributed by atoms with Gasteiger partial charge in [-0.25, -0.2) is 4.98 Å². The number of halogens is 1. The van der Waals surface area contributed by atoms with E-state index in [1.165, 1.54) is 0 Å². The Morgan fingerprint density at radius 2 is 1.81 bits per heavy atom. The lowest BCUT2D eigenvalue weighted by atomic mass is 10.0. The van der Waals surface area contributed by atoms with Gasteiger partial charge in [-0.15, -0.1) is 0 Å². The molecular formula is C17H20BrNO2. The summed E-state index contributed by atoms with van der Waals surface area (Å²) in [5.41, 5.74) is 1.13. The minimum Gasteiger partial charge on any atom is -0.485 e. The molecule has 0 aliphatic rings. The number of hydrogen-bond donors (Lipinski definition) is 0. The van der Waals surface area contributed by atoms with Crippen LogP contribution in [-0.4, -0.2) is 11.1 Å². The Hall–Kier alpha value is -1.55. The average molecular weight is 350 g/mol. The van der Waals surface area contributed by atoms with E-state index < -0.39 is 0 Å². The molecule has 0 radical (unpaired) electrons. The highest BCUT2D eigenvalue weighted by Gasteiger charge is 2.13. The Morgan fingerprint density at radius 1 is 1.05 bits per heavy atom. The summed E-state index contributed by atoms with van der Waals surface area (Å²) in [6.45, 7) is 8.24. The molecule has 0 aliphatic heterocycles. The third-order valence-corrected chi connectivity index (χ3v) is 3.39. The molecule has 0 N–H and O–H groups in total. The molecule has 0 fully saturated rings. The number of rotatable bonds is 5. The number of benzene rings is 1. The topological polar surface area (TPSA) is 31.4 Å². The summed E-state index contributed by atoms with van der Waals surface area (Å²) in [5, 5.41) is 0. The van der Waals surface area contributed by atoms with E-state index in [-0.39, 0.29) is 6.10 Å². The summed E-state index contributed by atoms with van der Waals surface area (Å²) < 4.78 is 12.8. The molecule has 0 bridgehead atoms. The van der Waals surface area contributed by atoms with Crippen LogP contribution in [0.5, 0.6) is 17.4 Å². The summed E-state index contributed by atoms with van der Waals surface area (Å²) in [5.74, 6) is 2.32. The molecule has 0 saturated heterocycles. The van der Waals surface area contributed by atoms with Crippen LogP contribution >= 0.6 is 15.9 Å². The van der Waals surface area contributed by atoms with Gasteiger partial charge in [-0.05, 0) is 55.7 Å². The lowest BCUT2D eigenvalue weighted by molar-refractivity contribution is 0.231. The van der Waals surface area contributed by atoms with Gasteiger partial charge in [0.05, 0.1) is 6.10 Å². The fraction of sp³-hybridized carbons (Fsp3) is 0.353. The van der Waals surface area contributed by atoms with Gasteiger partial charge in [0.1, 0.15) is 5.75 Å². The molecule has 4 heteroatoms. The van der Waals surface area contributed by atoms with Crippen molar-refractivity contribution in [2.24, 2.45) is 0 Å². The van der Waals surface area contributed by atoms with Crippen LogP contribution in [-0.2, 0) is 0 Å². The second-order valence-corrected chi connectivity index (χ2v) is 6.33. The van der Waals surface area contributed by atoms with Gasteiger partial charge >= 0.3 is 0 Å². The van der Waals surface area contributed by atoms with E-state index in [1.54, 1.807) is 6.20 Å². The first kappa shape index (κ1) is 15.8. The molecule has 112 valence electrons. The molecule has 21 heavy (non-hydrogen) atoms. The lowest BCUT2D eigenvalue weighted by Gasteiger charge is -2.16. The fourth-order valence-corrected chi connectivity index (χ4v) is 2.34. The third-order valence-electron chi connectivity index (χ3n) is 2.90. The largest absolute Gasteiger partial charge is 0.485 e. The van der Waals surface area contributed by atoms with Crippen molar-refractivity contribution in [2.75, 3.05) is 0 Å². The molecule has 0 atom stereocenters. The lowest BCUT2D eigenvalue weighted by Crippen LogP contribution is -2.07. The van der Waals surface area contributed by atoms with Crippen molar-refractivity contribution in [1.29, 1.82) is 0 Å². The van der Waals surface area contributed by atoms with Gasteiger partial charge in [-0.1, -0.05) is 29.8 Å². The van der Waals surface area contributed by atoms with E-state index in [4.69, 9.17) is 9.47 Å². The summed E-state index contributed by atoms with van der Waals surface area (Å²) in [4.78, 5) is 4.29. The van der Waals surface area contributed by atoms with Crippen LogP contribution in [0.4, 0.5) is 0 Å². The average Bonchev–Trinajstić information content (AvgIpc) is 2.42. The zero-order valence-corrected chi connectivity index (χ0v) is 14.3.